The second-order valence-electron chi connectivity index (χ2n) is 6.32. The minimum atomic E-state index is -2.31. The van der Waals surface area contributed by atoms with E-state index < -0.39 is 6.43 Å². The summed E-state index contributed by atoms with van der Waals surface area (Å²) in [5, 5.41) is 2.95. The molecular weight excluding hydrogens is 326 g/mol. The third kappa shape index (κ3) is 4.85. The maximum atomic E-state index is 12.4. The van der Waals surface area contributed by atoms with Crippen LogP contribution >= 0.6 is 0 Å². The summed E-state index contributed by atoms with van der Waals surface area (Å²) < 4.78 is 26.7. The van der Waals surface area contributed by atoms with Gasteiger partial charge in [0.25, 0.3) is 6.43 Å². The smallest absolute Gasteiger partial charge is 0.251 e. The van der Waals surface area contributed by atoms with Crippen molar-refractivity contribution in [2.24, 2.45) is 5.92 Å². The number of alkyl halides is 2. The maximum Gasteiger partial charge on any atom is 0.251 e. The minimum absolute atomic E-state index is 0.00961. The highest BCUT2D eigenvalue weighted by molar-refractivity contribution is 5.78. The number of nitrogens with one attached hydrogen (secondary N) is 1. The third-order valence-corrected chi connectivity index (χ3v) is 4.56. The molecule has 0 spiro atoms. The Labute approximate surface area is 145 Å². The number of carbonyl (C=O) groups is 1. The lowest BCUT2D eigenvalue weighted by Crippen LogP contribution is -2.41. The number of benzene rings is 1. The summed E-state index contributed by atoms with van der Waals surface area (Å²) in [7, 11) is 0. The third-order valence-electron chi connectivity index (χ3n) is 4.56. The van der Waals surface area contributed by atoms with E-state index in [-0.39, 0.29) is 18.4 Å². The van der Waals surface area contributed by atoms with E-state index in [0.717, 1.165) is 11.3 Å². The number of hydrogen-bond acceptors (Lipinski definition) is 3. The van der Waals surface area contributed by atoms with Crippen LogP contribution in [0.15, 0.2) is 43.0 Å². The van der Waals surface area contributed by atoms with Gasteiger partial charge in [-0.15, -0.1) is 0 Å². The van der Waals surface area contributed by atoms with Crippen LogP contribution in [-0.2, 0) is 11.3 Å². The largest absolute Gasteiger partial charge is 0.352 e. The molecule has 1 aromatic heterocycles. The van der Waals surface area contributed by atoms with Crippen LogP contribution in [0, 0.1) is 5.92 Å². The summed E-state index contributed by atoms with van der Waals surface area (Å²) in [5.74, 6) is -0.0745. The molecule has 0 bridgehead atoms. The number of carbonyl (C=O) groups excluding carboxylic acids is 1. The van der Waals surface area contributed by atoms with Crippen molar-refractivity contribution >= 4 is 5.91 Å². The Morgan fingerprint density at radius 3 is 2.56 bits per heavy atom. The average Bonchev–Trinajstić information content (AvgIpc) is 3.15. The summed E-state index contributed by atoms with van der Waals surface area (Å²) in [6, 6.07) is 7.90. The van der Waals surface area contributed by atoms with Gasteiger partial charge in [-0.25, -0.2) is 13.8 Å². The standard InChI is InChI=1S/C18H22F2N4O/c19-17(20)12-23-8-5-15(6-9-23)18(25)22-11-14-1-3-16(4-2-14)24-10-7-21-13-24/h1-4,7,10,13,15,17H,5-6,8-9,11-12H2,(H,22,25). The highest BCUT2D eigenvalue weighted by Gasteiger charge is 2.25. The Hall–Kier alpha value is -2.28. The highest BCUT2D eigenvalue weighted by atomic mass is 19.3. The van der Waals surface area contributed by atoms with Gasteiger partial charge in [0.15, 0.2) is 0 Å². The molecule has 1 aromatic carbocycles. The van der Waals surface area contributed by atoms with Gasteiger partial charge < -0.3 is 9.88 Å². The summed E-state index contributed by atoms with van der Waals surface area (Å²) >= 11 is 0. The Bertz CT molecular complexity index is 665. The zero-order chi connectivity index (χ0) is 17.6. The first kappa shape index (κ1) is 17.5. The number of imidazole rings is 1. The molecule has 0 radical (unpaired) electrons. The van der Waals surface area contributed by atoms with Gasteiger partial charge in [-0.2, -0.15) is 0 Å². The molecule has 7 heteroatoms. The first-order chi connectivity index (χ1) is 12.1. The second-order valence-corrected chi connectivity index (χ2v) is 6.32. The zero-order valence-electron chi connectivity index (χ0n) is 13.9. The van der Waals surface area contributed by atoms with Crippen molar-refractivity contribution in [3.05, 3.63) is 48.5 Å². The molecule has 2 heterocycles. The molecule has 5 nitrogen and oxygen atoms in total. The van der Waals surface area contributed by atoms with Crippen LogP contribution in [0.25, 0.3) is 5.69 Å². The normalized spacial score (nSPS) is 16.3. The minimum Gasteiger partial charge on any atom is -0.352 e. The van der Waals surface area contributed by atoms with E-state index in [1.807, 2.05) is 35.0 Å². The number of aromatic nitrogens is 2. The molecule has 2 aromatic rings. The van der Waals surface area contributed by atoms with E-state index in [9.17, 15) is 13.6 Å². The van der Waals surface area contributed by atoms with Gasteiger partial charge >= 0.3 is 0 Å². The summed E-state index contributed by atoms with van der Waals surface area (Å²) in [4.78, 5) is 18.0. The van der Waals surface area contributed by atoms with E-state index in [1.54, 1.807) is 17.4 Å². The number of piperidine rings is 1. The molecule has 134 valence electrons. The van der Waals surface area contributed by atoms with Crippen LogP contribution in [0.2, 0.25) is 0 Å². The molecule has 1 fully saturated rings. The average molecular weight is 348 g/mol. The Balaban J connectivity index is 1.45. The van der Waals surface area contributed by atoms with Crippen molar-refractivity contribution in [1.29, 1.82) is 0 Å². The first-order valence-corrected chi connectivity index (χ1v) is 8.47. The molecule has 1 N–H and O–H groups in total. The fraction of sp³-hybridized carbons (Fsp3) is 0.444. The lowest BCUT2D eigenvalue weighted by molar-refractivity contribution is -0.126. The van der Waals surface area contributed by atoms with Crippen molar-refractivity contribution in [1.82, 2.24) is 19.8 Å². The summed E-state index contributed by atoms with van der Waals surface area (Å²) in [6.07, 6.45) is 4.29. The fourth-order valence-corrected chi connectivity index (χ4v) is 3.10. The van der Waals surface area contributed by atoms with E-state index in [1.165, 1.54) is 0 Å². The van der Waals surface area contributed by atoms with Gasteiger partial charge in [0.1, 0.15) is 0 Å². The van der Waals surface area contributed by atoms with E-state index >= 15 is 0 Å². The number of hydrogen-bond donors (Lipinski definition) is 1. The van der Waals surface area contributed by atoms with Crippen LogP contribution in [0.3, 0.4) is 0 Å². The molecule has 1 saturated heterocycles. The Morgan fingerprint density at radius 2 is 1.96 bits per heavy atom. The molecule has 0 unspecified atom stereocenters. The SMILES string of the molecule is O=C(NCc1ccc(-n2ccnc2)cc1)C1CCN(CC(F)F)CC1. The maximum absolute atomic E-state index is 12.4. The first-order valence-electron chi connectivity index (χ1n) is 8.47. The monoisotopic (exact) mass is 348 g/mol. The van der Waals surface area contributed by atoms with Crippen LogP contribution < -0.4 is 5.32 Å². The second kappa shape index (κ2) is 8.20. The fourth-order valence-electron chi connectivity index (χ4n) is 3.10. The van der Waals surface area contributed by atoms with E-state index in [2.05, 4.69) is 10.3 Å². The lowest BCUT2D eigenvalue weighted by atomic mass is 9.96. The number of amides is 1. The van der Waals surface area contributed by atoms with Crippen molar-refractivity contribution in [2.75, 3.05) is 19.6 Å². The molecule has 0 aliphatic carbocycles. The van der Waals surface area contributed by atoms with Crippen molar-refractivity contribution in [3.8, 4) is 5.69 Å². The summed E-state index contributed by atoms with van der Waals surface area (Å²) in [6.45, 7) is 1.39. The lowest BCUT2D eigenvalue weighted by Gasteiger charge is -2.30. The van der Waals surface area contributed by atoms with Crippen LogP contribution in [0.1, 0.15) is 18.4 Å². The van der Waals surface area contributed by atoms with E-state index in [4.69, 9.17) is 0 Å². The highest BCUT2D eigenvalue weighted by Crippen LogP contribution is 2.18. The molecule has 3 rings (SSSR count). The van der Waals surface area contributed by atoms with Crippen molar-refractivity contribution < 1.29 is 13.6 Å². The Kier molecular flexibility index (Phi) is 5.75. The molecule has 1 aliphatic rings. The number of likely N-dealkylation sites (tertiary alicyclic amines) is 1. The zero-order valence-corrected chi connectivity index (χ0v) is 13.9. The van der Waals surface area contributed by atoms with Crippen molar-refractivity contribution in [2.45, 2.75) is 25.8 Å². The molecule has 1 aliphatic heterocycles. The van der Waals surface area contributed by atoms with Crippen LogP contribution in [0.4, 0.5) is 8.78 Å². The molecule has 0 atom stereocenters. The van der Waals surface area contributed by atoms with Gasteiger partial charge in [0.2, 0.25) is 5.91 Å². The molecule has 0 saturated carbocycles. The number of halogens is 2. The topological polar surface area (TPSA) is 50.2 Å². The number of nitrogens with zero attached hydrogens (tertiary/aromatic N) is 3. The molecular formula is C18H22F2N4O. The number of rotatable bonds is 6. The van der Waals surface area contributed by atoms with Gasteiger partial charge in [-0.05, 0) is 43.6 Å². The van der Waals surface area contributed by atoms with Gasteiger partial charge in [-0.3, -0.25) is 9.69 Å². The van der Waals surface area contributed by atoms with E-state index in [0.29, 0.717) is 32.5 Å². The summed E-state index contributed by atoms with van der Waals surface area (Å²) in [5.41, 5.74) is 2.03. The molecule has 25 heavy (non-hydrogen) atoms. The predicted octanol–water partition coefficient (Wildman–Crippen LogP) is 2.47. The van der Waals surface area contributed by atoms with Gasteiger partial charge in [0.05, 0.1) is 12.9 Å². The molecule has 1 amide bonds. The van der Waals surface area contributed by atoms with Crippen LogP contribution in [0.5, 0.6) is 0 Å². The van der Waals surface area contributed by atoms with Crippen LogP contribution in [-0.4, -0.2) is 46.4 Å². The predicted molar refractivity (Wildman–Crippen MR) is 90.6 cm³/mol. The van der Waals surface area contributed by atoms with Crippen molar-refractivity contribution in [3.63, 3.8) is 0 Å². The Morgan fingerprint density at radius 1 is 1.24 bits per heavy atom. The van der Waals surface area contributed by atoms with Gasteiger partial charge in [0, 0.05) is 30.5 Å². The van der Waals surface area contributed by atoms with Gasteiger partial charge in [-0.1, -0.05) is 12.1 Å². The quantitative estimate of drug-likeness (QED) is 0.872.